The van der Waals surface area contributed by atoms with E-state index < -0.39 is 10.7 Å². The predicted octanol–water partition coefficient (Wildman–Crippen LogP) is 4.00. The van der Waals surface area contributed by atoms with E-state index in [2.05, 4.69) is 5.32 Å². The summed E-state index contributed by atoms with van der Waals surface area (Å²) in [5.41, 5.74) is 0.333. The van der Waals surface area contributed by atoms with Gasteiger partial charge in [0.05, 0.1) is 15.6 Å². The van der Waals surface area contributed by atoms with Crippen molar-refractivity contribution < 1.29 is 9.31 Å². The highest BCUT2D eigenvalue weighted by Gasteiger charge is 2.14. The first kappa shape index (κ1) is 13.8. The van der Waals surface area contributed by atoms with Crippen LogP contribution in [0.15, 0.2) is 36.4 Å². The van der Waals surface area contributed by atoms with E-state index in [0.717, 1.165) is 0 Å². The summed E-state index contributed by atoms with van der Waals surface area (Å²) in [6.07, 6.45) is 0. The summed E-state index contributed by atoms with van der Waals surface area (Å²) in [6, 6.07) is 9.45. The van der Waals surface area contributed by atoms with E-state index in [1.54, 1.807) is 6.07 Å². The van der Waals surface area contributed by atoms with Crippen molar-refractivity contribution in [2.24, 2.45) is 0 Å². The molecule has 0 atom stereocenters. The highest BCUT2D eigenvalue weighted by Crippen LogP contribution is 2.28. The van der Waals surface area contributed by atoms with Crippen molar-refractivity contribution in [2.75, 3.05) is 5.32 Å². The molecule has 2 aromatic carbocycles. The minimum absolute atomic E-state index is 0.0903. The Labute approximate surface area is 118 Å². The van der Waals surface area contributed by atoms with Gasteiger partial charge in [-0.15, -0.1) is 0 Å². The molecule has 7 heteroatoms. The Morgan fingerprint density at radius 3 is 2.70 bits per heavy atom. The van der Waals surface area contributed by atoms with Crippen molar-refractivity contribution in [1.82, 2.24) is 0 Å². The van der Waals surface area contributed by atoms with Crippen LogP contribution in [-0.2, 0) is 0 Å². The van der Waals surface area contributed by atoms with Gasteiger partial charge < -0.3 is 5.32 Å². The summed E-state index contributed by atoms with van der Waals surface area (Å²) < 4.78 is 13.1. The van der Waals surface area contributed by atoms with Gasteiger partial charge in [0.1, 0.15) is 17.4 Å². The van der Waals surface area contributed by atoms with Gasteiger partial charge in [-0.05, 0) is 30.3 Å². The van der Waals surface area contributed by atoms with Gasteiger partial charge in [-0.1, -0.05) is 11.6 Å². The molecule has 0 aliphatic heterocycles. The quantitative estimate of drug-likeness (QED) is 0.684. The van der Waals surface area contributed by atoms with Crippen LogP contribution in [0, 0.1) is 27.3 Å². The van der Waals surface area contributed by atoms with Crippen LogP contribution >= 0.6 is 11.6 Å². The summed E-state index contributed by atoms with van der Waals surface area (Å²) in [7, 11) is 0. The zero-order valence-electron chi connectivity index (χ0n) is 9.93. The second-order valence-corrected chi connectivity index (χ2v) is 4.26. The molecular formula is C13H7ClFN3O2. The van der Waals surface area contributed by atoms with Crippen molar-refractivity contribution in [2.45, 2.75) is 0 Å². The summed E-state index contributed by atoms with van der Waals surface area (Å²) in [6.45, 7) is 0. The maximum absolute atomic E-state index is 13.1. The Bertz CT molecular complexity index is 728. The van der Waals surface area contributed by atoms with Crippen molar-refractivity contribution in [1.29, 1.82) is 5.26 Å². The number of nitrogens with zero attached hydrogens (tertiary/aromatic N) is 2. The second kappa shape index (κ2) is 5.55. The average Bonchev–Trinajstić information content (AvgIpc) is 2.42. The van der Waals surface area contributed by atoms with Gasteiger partial charge in [0.15, 0.2) is 0 Å². The van der Waals surface area contributed by atoms with Crippen LogP contribution < -0.4 is 5.32 Å². The molecule has 0 saturated carbocycles. The number of nitriles is 1. The molecule has 100 valence electrons. The van der Waals surface area contributed by atoms with Crippen LogP contribution in [0.2, 0.25) is 5.02 Å². The summed E-state index contributed by atoms with van der Waals surface area (Å²) in [4.78, 5) is 10.1. The summed E-state index contributed by atoms with van der Waals surface area (Å²) >= 11 is 5.90. The van der Waals surface area contributed by atoms with E-state index in [1.165, 1.54) is 36.4 Å². The standard InChI is InChI=1S/C13H7ClFN3O2/c14-11-3-1-9(15)6-12(11)17-10-2-4-13(18(19)20)8(5-10)7-16/h1-6,17H. The molecule has 0 radical (unpaired) electrons. The van der Waals surface area contributed by atoms with E-state index in [1.807, 2.05) is 0 Å². The number of benzene rings is 2. The van der Waals surface area contributed by atoms with Crippen LogP contribution in [0.5, 0.6) is 0 Å². The van der Waals surface area contributed by atoms with E-state index in [4.69, 9.17) is 16.9 Å². The smallest absolute Gasteiger partial charge is 0.287 e. The predicted molar refractivity (Wildman–Crippen MR) is 72.5 cm³/mol. The van der Waals surface area contributed by atoms with E-state index in [9.17, 15) is 14.5 Å². The third-order valence-electron chi connectivity index (χ3n) is 2.52. The van der Waals surface area contributed by atoms with Crippen molar-refractivity contribution in [3.63, 3.8) is 0 Å². The number of hydrogen-bond donors (Lipinski definition) is 1. The molecule has 0 bridgehead atoms. The fraction of sp³-hybridized carbons (Fsp3) is 0. The number of hydrogen-bond acceptors (Lipinski definition) is 4. The number of halogens is 2. The van der Waals surface area contributed by atoms with Gasteiger partial charge in [-0.3, -0.25) is 10.1 Å². The molecule has 0 heterocycles. The number of nitro benzene ring substituents is 1. The molecule has 0 amide bonds. The summed E-state index contributed by atoms with van der Waals surface area (Å²) in [5.74, 6) is -0.473. The first-order valence-electron chi connectivity index (χ1n) is 5.42. The Morgan fingerprint density at radius 1 is 1.30 bits per heavy atom. The van der Waals surface area contributed by atoms with Crippen LogP contribution in [0.4, 0.5) is 21.5 Å². The maximum atomic E-state index is 13.1. The van der Waals surface area contributed by atoms with Crippen LogP contribution in [0.1, 0.15) is 5.56 Å². The van der Waals surface area contributed by atoms with E-state index in [0.29, 0.717) is 16.4 Å². The van der Waals surface area contributed by atoms with E-state index >= 15 is 0 Å². The highest BCUT2D eigenvalue weighted by molar-refractivity contribution is 6.33. The third kappa shape index (κ3) is 2.84. The Balaban J connectivity index is 2.38. The fourth-order valence-corrected chi connectivity index (χ4v) is 1.78. The monoisotopic (exact) mass is 291 g/mol. The second-order valence-electron chi connectivity index (χ2n) is 3.85. The lowest BCUT2D eigenvalue weighted by Gasteiger charge is -2.08. The zero-order valence-corrected chi connectivity index (χ0v) is 10.7. The van der Waals surface area contributed by atoms with Gasteiger partial charge >= 0.3 is 0 Å². The number of nitrogens with one attached hydrogen (secondary N) is 1. The third-order valence-corrected chi connectivity index (χ3v) is 2.85. The van der Waals surface area contributed by atoms with E-state index in [-0.39, 0.29) is 11.3 Å². The van der Waals surface area contributed by atoms with Crippen molar-refractivity contribution in [3.8, 4) is 6.07 Å². The first-order valence-corrected chi connectivity index (χ1v) is 5.79. The largest absolute Gasteiger partial charge is 0.354 e. The average molecular weight is 292 g/mol. The molecule has 0 aliphatic rings. The summed E-state index contributed by atoms with van der Waals surface area (Å²) in [5, 5.41) is 22.7. The normalized spacial score (nSPS) is 9.85. The molecule has 0 spiro atoms. The minimum Gasteiger partial charge on any atom is -0.354 e. The van der Waals surface area contributed by atoms with Crippen molar-refractivity contribution in [3.05, 3.63) is 62.9 Å². The number of rotatable bonds is 3. The van der Waals surface area contributed by atoms with Gasteiger partial charge in [-0.2, -0.15) is 5.26 Å². The molecular weight excluding hydrogens is 285 g/mol. The molecule has 5 nitrogen and oxygen atoms in total. The minimum atomic E-state index is -0.641. The lowest BCUT2D eigenvalue weighted by Crippen LogP contribution is -1.96. The molecule has 0 saturated heterocycles. The molecule has 20 heavy (non-hydrogen) atoms. The lowest BCUT2D eigenvalue weighted by atomic mass is 10.1. The molecule has 2 aromatic rings. The molecule has 1 N–H and O–H groups in total. The zero-order chi connectivity index (χ0) is 14.7. The molecule has 0 aliphatic carbocycles. The molecule has 2 rings (SSSR count). The van der Waals surface area contributed by atoms with Crippen LogP contribution in [0.3, 0.4) is 0 Å². The van der Waals surface area contributed by atoms with Crippen LogP contribution in [0.25, 0.3) is 0 Å². The fourth-order valence-electron chi connectivity index (χ4n) is 1.61. The van der Waals surface area contributed by atoms with Gasteiger partial charge in [0.25, 0.3) is 5.69 Å². The number of anilines is 2. The first-order chi connectivity index (χ1) is 9.51. The number of nitro groups is 1. The molecule has 0 aromatic heterocycles. The topological polar surface area (TPSA) is 79.0 Å². The van der Waals surface area contributed by atoms with Gasteiger partial charge in [0, 0.05) is 11.8 Å². The SMILES string of the molecule is N#Cc1cc(Nc2cc(F)ccc2Cl)ccc1[N+](=O)[O-]. The highest BCUT2D eigenvalue weighted by atomic mass is 35.5. The Kier molecular flexibility index (Phi) is 3.82. The maximum Gasteiger partial charge on any atom is 0.287 e. The molecule has 0 unspecified atom stereocenters. The lowest BCUT2D eigenvalue weighted by molar-refractivity contribution is -0.385. The van der Waals surface area contributed by atoms with Gasteiger partial charge in [-0.25, -0.2) is 4.39 Å². The Hall–Kier alpha value is -2.65. The molecule has 0 fully saturated rings. The van der Waals surface area contributed by atoms with Gasteiger partial charge in [0.2, 0.25) is 0 Å². The Morgan fingerprint density at radius 2 is 2.05 bits per heavy atom. The van der Waals surface area contributed by atoms with Crippen molar-refractivity contribution >= 4 is 28.7 Å². The van der Waals surface area contributed by atoms with Crippen LogP contribution in [-0.4, -0.2) is 4.92 Å².